The van der Waals surface area contributed by atoms with E-state index in [1.807, 2.05) is 30.3 Å². The molecule has 1 fully saturated rings. The van der Waals surface area contributed by atoms with Gasteiger partial charge in [0.1, 0.15) is 6.61 Å². The van der Waals surface area contributed by atoms with Gasteiger partial charge < -0.3 is 9.64 Å². The van der Waals surface area contributed by atoms with Crippen molar-refractivity contribution in [1.29, 1.82) is 5.26 Å². The summed E-state index contributed by atoms with van der Waals surface area (Å²) in [7, 11) is 0. The molecule has 4 nitrogen and oxygen atoms in total. The predicted molar refractivity (Wildman–Crippen MR) is 61.9 cm³/mol. The number of rotatable bonds is 3. The summed E-state index contributed by atoms with van der Waals surface area (Å²) in [5, 5.41) is 8.49. The van der Waals surface area contributed by atoms with E-state index in [0.717, 1.165) is 5.56 Å². The molecule has 0 spiro atoms. The number of hydrogen-bond acceptors (Lipinski definition) is 3. The lowest BCUT2D eigenvalue weighted by Crippen LogP contribution is -2.49. The molecule has 1 aromatic carbocycles. The van der Waals surface area contributed by atoms with E-state index in [1.54, 1.807) is 4.90 Å². The Bertz CT molecular complexity index is 419. The second-order valence-electron chi connectivity index (χ2n) is 4.17. The van der Waals surface area contributed by atoms with E-state index in [-0.39, 0.29) is 6.09 Å². The summed E-state index contributed by atoms with van der Waals surface area (Å²) in [6.07, 6.45) is 0.227. The van der Waals surface area contributed by atoms with Gasteiger partial charge in [0, 0.05) is 25.4 Å². The molecule has 1 aromatic rings. The second kappa shape index (κ2) is 5.35. The molecule has 1 saturated heterocycles. The topological polar surface area (TPSA) is 53.3 Å². The van der Waals surface area contributed by atoms with Crippen molar-refractivity contribution < 1.29 is 9.53 Å². The van der Waals surface area contributed by atoms with Crippen LogP contribution in [0.4, 0.5) is 4.79 Å². The van der Waals surface area contributed by atoms with E-state index < -0.39 is 0 Å². The number of carbonyl (C=O) groups is 1. The van der Waals surface area contributed by atoms with Gasteiger partial charge in [0.2, 0.25) is 0 Å². The molecule has 0 aromatic heterocycles. The Balaban J connectivity index is 1.71. The van der Waals surface area contributed by atoms with Crippen molar-refractivity contribution in [3.63, 3.8) is 0 Å². The van der Waals surface area contributed by atoms with E-state index in [2.05, 4.69) is 6.07 Å². The van der Waals surface area contributed by atoms with Crippen molar-refractivity contribution in [2.75, 3.05) is 13.1 Å². The highest BCUT2D eigenvalue weighted by Crippen LogP contribution is 2.19. The van der Waals surface area contributed by atoms with Gasteiger partial charge in [0.25, 0.3) is 0 Å². The third-order valence-corrected chi connectivity index (χ3v) is 2.80. The number of hydrogen-bond donors (Lipinski definition) is 0. The normalized spacial score (nSPS) is 14.9. The lowest BCUT2D eigenvalue weighted by Gasteiger charge is -2.37. The van der Waals surface area contributed by atoms with Crippen LogP contribution >= 0.6 is 0 Å². The van der Waals surface area contributed by atoms with Gasteiger partial charge in [-0.25, -0.2) is 4.79 Å². The summed E-state index contributed by atoms with van der Waals surface area (Å²) < 4.78 is 5.16. The summed E-state index contributed by atoms with van der Waals surface area (Å²) in [6, 6.07) is 11.7. The van der Waals surface area contributed by atoms with Gasteiger partial charge in [-0.3, -0.25) is 0 Å². The van der Waals surface area contributed by atoms with Crippen molar-refractivity contribution in [1.82, 2.24) is 4.90 Å². The number of carbonyl (C=O) groups excluding carboxylic acids is 1. The quantitative estimate of drug-likeness (QED) is 0.799. The minimum Gasteiger partial charge on any atom is -0.445 e. The molecule has 0 radical (unpaired) electrons. The molecule has 0 N–H and O–H groups in total. The van der Waals surface area contributed by atoms with Crippen LogP contribution in [0.2, 0.25) is 0 Å². The first-order valence-electron chi connectivity index (χ1n) is 5.62. The zero-order valence-electron chi connectivity index (χ0n) is 9.50. The lowest BCUT2D eigenvalue weighted by molar-refractivity contribution is 0.0507. The largest absolute Gasteiger partial charge is 0.445 e. The van der Waals surface area contributed by atoms with E-state index >= 15 is 0 Å². The molecular formula is C13H14N2O2. The first-order chi connectivity index (χ1) is 8.29. The zero-order chi connectivity index (χ0) is 12.1. The summed E-state index contributed by atoms with van der Waals surface area (Å²) in [4.78, 5) is 13.2. The third kappa shape index (κ3) is 2.97. The van der Waals surface area contributed by atoms with E-state index in [1.165, 1.54) is 0 Å². The van der Waals surface area contributed by atoms with Gasteiger partial charge in [0.15, 0.2) is 0 Å². The minimum atomic E-state index is -0.289. The van der Waals surface area contributed by atoms with Crippen LogP contribution in [0, 0.1) is 17.2 Å². The Morgan fingerprint density at radius 2 is 2.12 bits per heavy atom. The first kappa shape index (κ1) is 11.5. The number of nitriles is 1. The fraction of sp³-hybridized carbons (Fsp3) is 0.385. The van der Waals surface area contributed by atoms with E-state index in [4.69, 9.17) is 10.00 Å². The van der Waals surface area contributed by atoms with Crippen LogP contribution in [0.1, 0.15) is 12.0 Å². The van der Waals surface area contributed by atoms with Crippen LogP contribution in [0.25, 0.3) is 0 Å². The number of ether oxygens (including phenoxy) is 1. The summed E-state index contributed by atoms with van der Waals surface area (Å²) in [5.41, 5.74) is 0.981. The van der Waals surface area contributed by atoms with Crippen LogP contribution in [-0.2, 0) is 11.3 Å². The second-order valence-corrected chi connectivity index (χ2v) is 4.17. The van der Waals surface area contributed by atoms with Crippen molar-refractivity contribution in [2.45, 2.75) is 13.0 Å². The monoisotopic (exact) mass is 230 g/mol. The van der Waals surface area contributed by atoms with Crippen LogP contribution in [0.5, 0.6) is 0 Å². The third-order valence-electron chi connectivity index (χ3n) is 2.80. The van der Waals surface area contributed by atoms with Gasteiger partial charge >= 0.3 is 6.09 Å². The van der Waals surface area contributed by atoms with Gasteiger partial charge in [-0.1, -0.05) is 30.3 Å². The molecule has 1 aliphatic heterocycles. The maximum atomic E-state index is 11.6. The Labute approximate surface area is 100 Å². The van der Waals surface area contributed by atoms with Crippen molar-refractivity contribution in [3.8, 4) is 6.07 Å². The number of nitrogens with zero attached hydrogens (tertiary/aromatic N) is 2. The Morgan fingerprint density at radius 1 is 1.41 bits per heavy atom. The van der Waals surface area contributed by atoms with Crippen LogP contribution in [-0.4, -0.2) is 24.1 Å². The van der Waals surface area contributed by atoms with Crippen LogP contribution in [0.15, 0.2) is 30.3 Å². The summed E-state index contributed by atoms with van der Waals surface area (Å²) in [6.45, 7) is 1.58. The van der Waals surface area contributed by atoms with Crippen LogP contribution in [0.3, 0.4) is 0 Å². The van der Waals surface area contributed by atoms with Crippen molar-refractivity contribution in [2.24, 2.45) is 5.92 Å². The van der Waals surface area contributed by atoms with E-state index in [0.29, 0.717) is 32.0 Å². The van der Waals surface area contributed by atoms with Crippen molar-refractivity contribution in [3.05, 3.63) is 35.9 Å². The Kier molecular flexibility index (Phi) is 3.61. The minimum absolute atomic E-state index is 0.289. The summed E-state index contributed by atoms with van der Waals surface area (Å²) in [5.74, 6) is 0.323. The number of likely N-dealkylation sites (tertiary alicyclic amines) is 1. The van der Waals surface area contributed by atoms with Crippen molar-refractivity contribution >= 4 is 6.09 Å². The maximum absolute atomic E-state index is 11.6. The van der Waals surface area contributed by atoms with Gasteiger partial charge in [-0.15, -0.1) is 0 Å². The standard InChI is InChI=1S/C13H14N2O2/c14-7-6-12-8-15(9-12)13(16)17-10-11-4-2-1-3-5-11/h1-5,12H,6,8-10H2. The molecule has 0 atom stereocenters. The van der Waals surface area contributed by atoms with Gasteiger partial charge in [-0.2, -0.15) is 5.26 Å². The average molecular weight is 230 g/mol. The fourth-order valence-electron chi connectivity index (χ4n) is 1.79. The molecular weight excluding hydrogens is 216 g/mol. The molecule has 1 heterocycles. The smallest absolute Gasteiger partial charge is 0.410 e. The molecule has 4 heteroatoms. The van der Waals surface area contributed by atoms with Gasteiger partial charge in [0.05, 0.1) is 6.07 Å². The molecule has 2 rings (SSSR count). The molecule has 17 heavy (non-hydrogen) atoms. The Hall–Kier alpha value is -2.02. The molecule has 0 bridgehead atoms. The summed E-state index contributed by atoms with van der Waals surface area (Å²) >= 11 is 0. The highest BCUT2D eigenvalue weighted by molar-refractivity contribution is 5.68. The number of amides is 1. The number of benzene rings is 1. The molecule has 0 saturated carbocycles. The molecule has 0 unspecified atom stereocenters. The van der Waals surface area contributed by atoms with Gasteiger partial charge in [-0.05, 0) is 5.56 Å². The SMILES string of the molecule is N#CCC1CN(C(=O)OCc2ccccc2)C1. The lowest BCUT2D eigenvalue weighted by atomic mass is 9.98. The molecule has 1 amide bonds. The zero-order valence-corrected chi connectivity index (χ0v) is 9.50. The molecule has 1 aliphatic rings. The highest BCUT2D eigenvalue weighted by atomic mass is 16.6. The average Bonchev–Trinajstić information content (AvgIpc) is 2.31. The predicted octanol–water partition coefficient (Wildman–Crippen LogP) is 2.17. The molecule has 0 aliphatic carbocycles. The Morgan fingerprint density at radius 3 is 2.76 bits per heavy atom. The fourth-order valence-corrected chi connectivity index (χ4v) is 1.79. The van der Waals surface area contributed by atoms with E-state index in [9.17, 15) is 4.79 Å². The van der Waals surface area contributed by atoms with Crippen LogP contribution < -0.4 is 0 Å². The molecule has 88 valence electrons. The highest BCUT2D eigenvalue weighted by Gasteiger charge is 2.31. The first-order valence-corrected chi connectivity index (χ1v) is 5.62. The maximum Gasteiger partial charge on any atom is 0.410 e.